The number of carbonyl (C=O) groups is 1. The van der Waals surface area contributed by atoms with E-state index < -0.39 is 0 Å². The van der Waals surface area contributed by atoms with Crippen LogP contribution in [0.5, 0.6) is 0 Å². The van der Waals surface area contributed by atoms with Crippen LogP contribution in [0.2, 0.25) is 0 Å². The summed E-state index contributed by atoms with van der Waals surface area (Å²) < 4.78 is 0. The fraction of sp³-hybridized carbons (Fsp3) is 0.462. The molecule has 0 unspecified atom stereocenters. The number of nitrogen functional groups attached to an aromatic ring is 1. The molecule has 2 rings (SSSR count). The van der Waals surface area contributed by atoms with Gasteiger partial charge in [-0.2, -0.15) is 0 Å². The Morgan fingerprint density at radius 3 is 2.82 bits per heavy atom. The van der Waals surface area contributed by atoms with Crippen molar-refractivity contribution in [3.8, 4) is 0 Å². The van der Waals surface area contributed by atoms with Gasteiger partial charge in [-0.1, -0.05) is 6.42 Å². The number of amides is 1. The smallest absolute Gasteiger partial charge is 0.253 e. The summed E-state index contributed by atoms with van der Waals surface area (Å²) in [7, 11) is 1.63. The quantitative estimate of drug-likeness (QED) is 0.695. The summed E-state index contributed by atoms with van der Waals surface area (Å²) in [4.78, 5) is 11.7. The van der Waals surface area contributed by atoms with Gasteiger partial charge in [-0.25, -0.2) is 0 Å². The molecule has 1 aliphatic rings. The Hall–Kier alpha value is -1.71. The molecule has 1 aromatic carbocycles. The summed E-state index contributed by atoms with van der Waals surface area (Å²) in [5.41, 5.74) is 7.91. The number of carbonyl (C=O) groups excluding carboxylic acids is 1. The molecule has 4 nitrogen and oxygen atoms in total. The second kappa shape index (κ2) is 5.08. The van der Waals surface area contributed by atoms with Crippen molar-refractivity contribution in [3.05, 3.63) is 23.8 Å². The first-order valence-corrected chi connectivity index (χ1v) is 6.06. The van der Waals surface area contributed by atoms with Gasteiger partial charge >= 0.3 is 0 Å². The van der Waals surface area contributed by atoms with Gasteiger partial charge in [0.05, 0.1) is 5.56 Å². The first-order valence-electron chi connectivity index (χ1n) is 6.06. The van der Waals surface area contributed by atoms with E-state index in [-0.39, 0.29) is 5.91 Å². The average molecular weight is 233 g/mol. The summed E-state index contributed by atoms with van der Waals surface area (Å²) in [5, 5.41) is 5.97. The Morgan fingerprint density at radius 1 is 1.47 bits per heavy atom. The largest absolute Gasteiger partial charge is 0.399 e. The van der Waals surface area contributed by atoms with E-state index in [2.05, 4.69) is 10.6 Å². The molecule has 1 fully saturated rings. The average Bonchev–Trinajstić information content (AvgIpc) is 2.26. The van der Waals surface area contributed by atoms with E-state index in [0.29, 0.717) is 11.3 Å². The highest BCUT2D eigenvalue weighted by atomic mass is 16.1. The van der Waals surface area contributed by atoms with Crippen molar-refractivity contribution >= 4 is 17.3 Å². The predicted octanol–water partition coefficient (Wildman–Crippen LogP) is 1.84. The highest BCUT2D eigenvalue weighted by Gasteiger charge is 2.18. The highest BCUT2D eigenvalue weighted by Crippen LogP contribution is 2.27. The SMILES string of the molecule is CNC(=O)c1ccc(N)cc1NCC1CCC1. The van der Waals surface area contributed by atoms with Gasteiger partial charge in [0.2, 0.25) is 0 Å². The number of hydrogen-bond acceptors (Lipinski definition) is 3. The maximum Gasteiger partial charge on any atom is 0.253 e. The second-order valence-electron chi connectivity index (χ2n) is 4.56. The third kappa shape index (κ3) is 2.70. The topological polar surface area (TPSA) is 67.2 Å². The lowest BCUT2D eigenvalue weighted by molar-refractivity contribution is 0.0964. The van der Waals surface area contributed by atoms with Crippen molar-refractivity contribution < 1.29 is 4.79 Å². The maximum absolute atomic E-state index is 11.7. The molecule has 0 saturated heterocycles. The van der Waals surface area contributed by atoms with Crippen LogP contribution >= 0.6 is 0 Å². The molecular formula is C13H19N3O. The molecule has 17 heavy (non-hydrogen) atoms. The Bertz CT molecular complexity index is 413. The molecule has 4 heteroatoms. The van der Waals surface area contributed by atoms with E-state index >= 15 is 0 Å². The number of benzene rings is 1. The van der Waals surface area contributed by atoms with Crippen LogP contribution in [0.3, 0.4) is 0 Å². The first kappa shape index (κ1) is 11.8. The molecular weight excluding hydrogens is 214 g/mol. The second-order valence-corrected chi connectivity index (χ2v) is 4.56. The van der Waals surface area contributed by atoms with Gasteiger partial charge in [0, 0.05) is 25.0 Å². The van der Waals surface area contributed by atoms with E-state index in [9.17, 15) is 4.79 Å². The standard InChI is InChI=1S/C13H19N3O/c1-15-13(17)11-6-5-10(14)7-12(11)16-8-9-3-2-4-9/h5-7,9,16H,2-4,8,14H2,1H3,(H,15,17). The molecule has 1 amide bonds. The number of rotatable bonds is 4. The van der Waals surface area contributed by atoms with Crippen molar-refractivity contribution in [2.45, 2.75) is 19.3 Å². The molecule has 0 bridgehead atoms. The molecule has 1 aliphatic carbocycles. The van der Waals surface area contributed by atoms with Gasteiger partial charge in [-0.05, 0) is 37.0 Å². The van der Waals surface area contributed by atoms with Crippen LogP contribution in [-0.4, -0.2) is 19.5 Å². The molecule has 4 N–H and O–H groups in total. The van der Waals surface area contributed by atoms with Crippen LogP contribution in [0.1, 0.15) is 29.6 Å². The molecule has 0 atom stereocenters. The lowest BCUT2D eigenvalue weighted by Gasteiger charge is -2.26. The van der Waals surface area contributed by atoms with Gasteiger partial charge in [0.1, 0.15) is 0 Å². The van der Waals surface area contributed by atoms with E-state index in [0.717, 1.165) is 18.2 Å². The van der Waals surface area contributed by atoms with Gasteiger partial charge in [0.15, 0.2) is 0 Å². The van der Waals surface area contributed by atoms with Crippen molar-refractivity contribution in [2.75, 3.05) is 24.6 Å². The number of nitrogens with one attached hydrogen (secondary N) is 2. The summed E-state index contributed by atoms with van der Waals surface area (Å²) in [5.74, 6) is 0.662. The van der Waals surface area contributed by atoms with Crippen LogP contribution in [0.15, 0.2) is 18.2 Å². The molecule has 0 heterocycles. The van der Waals surface area contributed by atoms with E-state index in [4.69, 9.17) is 5.73 Å². The van der Waals surface area contributed by atoms with Gasteiger partial charge in [-0.3, -0.25) is 4.79 Å². The zero-order valence-electron chi connectivity index (χ0n) is 10.1. The Balaban J connectivity index is 2.11. The lowest BCUT2D eigenvalue weighted by Crippen LogP contribution is -2.24. The van der Waals surface area contributed by atoms with Gasteiger partial charge < -0.3 is 16.4 Å². The summed E-state index contributed by atoms with van der Waals surface area (Å²) in [6.07, 6.45) is 3.89. The number of anilines is 2. The summed E-state index contributed by atoms with van der Waals surface area (Å²) in [6, 6.07) is 5.33. The van der Waals surface area contributed by atoms with E-state index in [1.54, 1.807) is 19.2 Å². The highest BCUT2D eigenvalue weighted by molar-refractivity contribution is 6.00. The fourth-order valence-electron chi connectivity index (χ4n) is 1.99. The number of hydrogen-bond donors (Lipinski definition) is 3. The minimum absolute atomic E-state index is 0.0823. The Morgan fingerprint density at radius 2 is 2.24 bits per heavy atom. The summed E-state index contributed by atoms with van der Waals surface area (Å²) in [6.45, 7) is 0.924. The van der Waals surface area contributed by atoms with Crippen LogP contribution in [0.4, 0.5) is 11.4 Å². The zero-order valence-corrected chi connectivity index (χ0v) is 10.1. The molecule has 0 spiro atoms. The van der Waals surface area contributed by atoms with Crippen molar-refractivity contribution in [1.82, 2.24) is 5.32 Å². The Kier molecular flexibility index (Phi) is 3.52. The normalized spacial score (nSPS) is 15.1. The van der Waals surface area contributed by atoms with Crippen molar-refractivity contribution in [1.29, 1.82) is 0 Å². The van der Waals surface area contributed by atoms with Crippen molar-refractivity contribution in [2.24, 2.45) is 5.92 Å². The third-order valence-electron chi connectivity index (χ3n) is 3.32. The number of nitrogens with two attached hydrogens (primary N) is 1. The van der Waals surface area contributed by atoms with E-state index in [1.807, 2.05) is 6.07 Å². The van der Waals surface area contributed by atoms with Crippen molar-refractivity contribution in [3.63, 3.8) is 0 Å². The zero-order chi connectivity index (χ0) is 12.3. The maximum atomic E-state index is 11.7. The van der Waals surface area contributed by atoms with Crippen LogP contribution in [0.25, 0.3) is 0 Å². The van der Waals surface area contributed by atoms with Gasteiger partial charge in [0.25, 0.3) is 5.91 Å². The molecule has 0 aliphatic heterocycles. The minimum atomic E-state index is -0.0823. The molecule has 1 aromatic rings. The van der Waals surface area contributed by atoms with E-state index in [1.165, 1.54) is 19.3 Å². The minimum Gasteiger partial charge on any atom is -0.399 e. The monoisotopic (exact) mass is 233 g/mol. The predicted molar refractivity (Wildman–Crippen MR) is 70.1 cm³/mol. The molecule has 92 valence electrons. The van der Waals surface area contributed by atoms with Crippen LogP contribution in [0, 0.1) is 5.92 Å². The Labute approximate surface area is 102 Å². The van der Waals surface area contributed by atoms with Crippen LogP contribution < -0.4 is 16.4 Å². The molecule has 0 aromatic heterocycles. The first-order chi connectivity index (χ1) is 8.20. The summed E-state index contributed by atoms with van der Waals surface area (Å²) >= 11 is 0. The fourth-order valence-corrected chi connectivity index (χ4v) is 1.99. The van der Waals surface area contributed by atoms with Crippen LogP contribution in [-0.2, 0) is 0 Å². The van der Waals surface area contributed by atoms with Gasteiger partial charge in [-0.15, -0.1) is 0 Å². The molecule has 1 saturated carbocycles. The lowest BCUT2D eigenvalue weighted by atomic mass is 9.85. The molecule has 0 radical (unpaired) electrons. The third-order valence-corrected chi connectivity index (χ3v) is 3.32.